The van der Waals surface area contributed by atoms with Gasteiger partial charge in [0.1, 0.15) is 18.0 Å². The van der Waals surface area contributed by atoms with Crippen LogP contribution in [-0.4, -0.2) is 67.7 Å². The van der Waals surface area contributed by atoms with Gasteiger partial charge in [-0.25, -0.2) is 34.1 Å². The van der Waals surface area contributed by atoms with E-state index in [9.17, 15) is 9.18 Å². The molecule has 0 spiro atoms. The Morgan fingerprint density at radius 2 is 1.86 bits per heavy atom. The molecule has 0 radical (unpaired) electrons. The van der Waals surface area contributed by atoms with Crippen molar-refractivity contribution in [3.8, 4) is 17.1 Å². The van der Waals surface area contributed by atoms with Gasteiger partial charge < -0.3 is 15.2 Å². The Balaban J connectivity index is 1.47. The van der Waals surface area contributed by atoms with Gasteiger partial charge in [-0.3, -0.25) is 9.83 Å². The third-order valence-corrected chi connectivity index (χ3v) is 7.66. The molecule has 11 nitrogen and oxygen atoms in total. The number of aromatic nitrogens is 3. The number of pyridine rings is 1. The summed E-state index contributed by atoms with van der Waals surface area (Å²) < 4.78 is 25.1. The number of carbonyl (C=O) groups is 1. The van der Waals surface area contributed by atoms with Crippen molar-refractivity contribution in [2.45, 2.75) is 19.4 Å². The largest absolute Gasteiger partial charge is 0.481 e. The van der Waals surface area contributed by atoms with Crippen molar-refractivity contribution in [2.75, 3.05) is 46.8 Å². The number of nitrogens with zero attached hydrogens (tertiary/aromatic N) is 5. The van der Waals surface area contributed by atoms with Crippen molar-refractivity contribution in [3.05, 3.63) is 95.1 Å². The van der Waals surface area contributed by atoms with Crippen molar-refractivity contribution >= 4 is 23.4 Å². The topological polar surface area (TPSA) is 134 Å². The maximum absolute atomic E-state index is 14.5. The number of ether oxygens (including phenoxy) is 2. The predicted octanol–water partition coefficient (Wildman–Crippen LogP) is 3.95. The quantitative estimate of drug-likeness (QED) is 0.205. The van der Waals surface area contributed by atoms with Gasteiger partial charge in [0.15, 0.2) is 12.4 Å². The minimum absolute atomic E-state index is 0.0206. The number of halogens is 1. The molecule has 228 valence electrons. The summed E-state index contributed by atoms with van der Waals surface area (Å²) in [5, 5.41) is 0. The lowest BCUT2D eigenvalue weighted by atomic mass is 9.91. The molecule has 4 aromatic rings. The Morgan fingerprint density at radius 3 is 2.61 bits per heavy atom. The van der Waals surface area contributed by atoms with E-state index in [-0.39, 0.29) is 22.9 Å². The number of quaternary nitrogens is 1. The van der Waals surface area contributed by atoms with Gasteiger partial charge in [-0.05, 0) is 42.8 Å². The zero-order chi connectivity index (χ0) is 31.3. The molecular weight excluding hydrogens is 565 g/mol. The molecule has 2 atom stereocenters. The molecule has 0 aliphatic carbocycles. The van der Waals surface area contributed by atoms with Crippen molar-refractivity contribution in [1.82, 2.24) is 24.9 Å². The van der Waals surface area contributed by atoms with E-state index in [1.807, 2.05) is 37.4 Å². The number of benzene rings is 2. The average Bonchev–Trinajstić information content (AvgIpc) is 3.03. The smallest absolute Gasteiger partial charge is 0.347 e. The molecule has 2 aromatic carbocycles. The van der Waals surface area contributed by atoms with Crippen molar-refractivity contribution in [3.63, 3.8) is 0 Å². The molecule has 0 fully saturated rings. The number of fused-ring (bicyclic) bond motifs is 1. The van der Waals surface area contributed by atoms with Crippen LogP contribution in [0.2, 0.25) is 0 Å². The van der Waals surface area contributed by atoms with Crippen LogP contribution in [0.5, 0.6) is 5.88 Å². The lowest BCUT2D eigenvalue weighted by molar-refractivity contribution is -0.136. The first-order chi connectivity index (χ1) is 21.2. The van der Waals surface area contributed by atoms with Crippen LogP contribution in [-0.2, 0) is 20.8 Å². The number of carbonyl (C=O) groups excluding carboxylic acids is 1. The zero-order valence-electron chi connectivity index (χ0n) is 25.1. The van der Waals surface area contributed by atoms with Gasteiger partial charge in [0.25, 0.3) is 0 Å². The first-order valence-corrected chi connectivity index (χ1v) is 14.1. The minimum atomic E-state index is -0.506. The molecule has 5 rings (SSSR count). The summed E-state index contributed by atoms with van der Waals surface area (Å²) in [5.41, 5.74) is 13.4. The summed E-state index contributed by atoms with van der Waals surface area (Å²) in [6.45, 7) is 2.34. The van der Waals surface area contributed by atoms with Crippen LogP contribution in [0.3, 0.4) is 0 Å². The average molecular weight is 601 g/mol. The van der Waals surface area contributed by atoms with Crippen LogP contribution in [0.25, 0.3) is 11.3 Å². The normalized spacial score (nSPS) is 15.6. The summed E-state index contributed by atoms with van der Waals surface area (Å²) in [5.74, 6) is 0.257. The fourth-order valence-electron chi connectivity index (χ4n) is 5.27. The Morgan fingerprint density at radius 1 is 1.07 bits per heavy atom. The second-order valence-electron chi connectivity index (χ2n) is 10.5. The van der Waals surface area contributed by atoms with Crippen molar-refractivity contribution in [2.24, 2.45) is 4.99 Å². The Kier molecular flexibility index (Phi) is 9.23. The summed E-state index contributed by atoms with van der Waals surface area (Å²) in [6, 6.07) is 18.7. The lowest BCUT2D eigenvalue weighted by Gasteiger charge is -2.31. The number of likely N-dealkylation sites (N-methyl/N-ethyl adjacent to an activating group) is 1. The number of amides is 1. The highest BCUT2D eigenvalue weighted by atomic mass is 19.1. The molecule has 1 amide bonds. The number of methoxy groups -OCH3 is 2. The fraction of sp³-hybridized carbons (Fsp3) is 0.281. The number of hydrogen-bond acceptors (Lipinski definition) is 10. The maximum atomic E-state index is 14.5. The molecule has 1 aliphatic rings. The monoisotopic (exact) mass is 600 g/mol. The third-order valence-electron chi connectivity index (χ3n) is 7.66. The number of nitrogens with two attached hydrogens (primary N) is 1. The van der Waals surface area contributed by atoms with Gasteiger partial charge in [-0.15, -0.1) is 0 Å². The number of hydroxylamine groups is 1. The summed E-state index contributed by atoms with van der Waals surface area (Å²) in [6.07, 6.45) is 0.371. The van der Waals surface area contributed by atoms with Crippen LogP contribution in [0.15, 0.2) is 71.7 Å². The summed E-state index contributed by atoms with van der Waals surface area (Å²) in [7, 11) is 4.95. The number of hydrogen-bond donors (Lipinski definition) is 2. The maximum Gasteiger partial charge on any atom is 0.347 e. The van der Waals surface area contributed by atoms with E-state index in [2.05, 4.69) is 20.4 Å². The number of para-hydroxylation sites is 1. The van der Waals surface area contributed by atoms with Crippen molar-refractivity contribution < 1.29 is 23.5 Å². The zero-order valence-corrected chi connectivity index (χ0v) is 25.1. The Bertz CT molecular complexity index is 1680. The number of aryl methyl sites for hydroxylation is 1. The standard InChI is InChI=1S/C32H35FN7O4/c1-20-30-27(38-32(34)35-20)18-26(23-14-13-21(33)17-24(23)25-11-8-12-28(36-25)43-4)37-31(30)39-44-19-29(41)40(2,15-16-42-3)22-9-6-5-7-10-22/h5-14,17,26H,15-16,18-19H2,1-4H3,(H,37,39)(H2,34,35,38)/q+1/t26?,40-/m1/s1. The molecule has 44 heavy (non-hydrogen) atoms. The molecule has 3 N–H and O–H groups in total. The highest BCUT2D eigenvalue weighted by Gasteiger charge is 2.35. The van der Waals surface area contributed by atoms with E-state index >= 15 is 0 Å². The Labute approximate surface area is 255 Å². The first kappa shape index (κ1) is 30.7. The molecule has 0 bridgehead atoms. The van der Waals surface area contributed by atoms with E-state index in [4.69, 9.17) is 25.0 Å². The van der Waals surface area contributed by atoms with Gasteiger partial charge >= 0.3 is 5.91 Å². The molecule has 12 heteroatoms. The van der Waals surface area contributed by atoms with E-state index in [1.54, 1.807) is 38.3 Å². The molecule has 1 unspecified atom stereocenters. The number of aliphatic imine (C=N–C) groups is 1. The van der Waals surface area contributed by atoms with Crippen LogP contribution in [0.4, 0.5) is 16.0 Å². The van der Waals surface area contributed by atoms with Gasteiger partial charge in [-0.2, -0.15) is 0 Å². The van der Waals surface area contributed by atoms with Crippen LogP contribution < -0.4 is 20.4 Å². The minimum Gasteiger partial charge on any atom is -0.481 e. The Hall–Kier alpha value is -4.78. The summed E-state index contributed by atoms with van der Waals surface area (Å²) in [4.78, 5) is 37.7. The molecule has 2 aromatic heterocycles. The SMILES string of the molecule is COCC[N@@+](C)(C(=O)CONC1=NC(c2ccc(F)cc2-c2cccc(OC)n2)Cc2nc(N)nc(C)c21)c1ccccc1. The van der Waals surface area contributed by atoms with Crippen molar-refractivity contribution in [1.29, 1.82) is 0 Å². The number of nitrogens with one attached hydrogen (secondary N) is 1. The van der Waals surface area contributed by atoms with E-state index in [1.165, 1.54) is 19.2 Å². The second-order valence-corrected chi connectivity index (χ2v) is 10.5. The molecular formula is C32H35FN7O4+. The van der Waals surface area contributed by atoms with Gasteiger partial charge in [0.2, 0.25) is 11.8 Å². The highest BCUT2D eigenvalue weighted by molar-refractivity contribution is 6.01. The third kappa shape index (κ3) is 6.42. The second kappa shape index (κ2) is 13.2. The lowest BCUT2D eigenvalue weighted by Crippen LogP contribution is -2.54. The number of nitrogen functional groups attached to an aromatic ring is 1. The van der Waals surface area contributed by atoms with Gasteiger partial charge in [-0.1, -0.05) is 30.3 Å². The van der Waals surface area contributed by atoms with Gasteiger partial charge in [0, 0.05) is 25.2 Å². The van der Waals surface area contributed by atoms with Gasteiger partial charge in [0.05, 0.1) is 49.5 Å². The molecule has 1 aliphatic heterocycles. The van der Waals surface area contributed by atoms with E-state index in [0.29, 0.717) is 59.5 Å². The van der Waals surface area contributed by atoms with Crippen LogP contribution in [0, 0.1) is 12.7 Å². The number of rotatable bonds is 10. The predicted molar refractivity (Wildman–Crippen MR) is 165 cm³/mol. The number of anilines is 1. The highest BCUT2D eigenvalue weighted by Crippen LogP contribution is 2.36. The van der Waals surface area contributed by atoms with E-state index in [0.717, 1.165) is 11.3 Å². The molecule has 0 saturated heterocycles. The summed E-state index contributed by atoms with van der Waals surface area (Å²) >= 11 is 0. The number of amidine groups is 1. The first-order valence-electron chi connectivity index (χ1n) is 14.1. The fourth-order valence-corrected chi connectivity index (χ4v) is 5.27. The molecule has 0 saturated carbocycles. The van der Waals surface area contributed by atoms with E-state index < -0.39 is 11.9 Å². The molecule has 3 heterocycles. The van der Waals surface area contributed by atoms with Crippen LogP contribution >= 0.6 is 0 Å². The van der Waals surface area contributed by atoms with Crippen LogP contribution in [0.1, 0.15) is 28.6 Å².